The summed E-state index contributed by atoms with van der Waals surface area (Å²) in [5.41, 5.74) is -0.213. The Morgan fingerprint density at radius 2 is 1.81 bits per heavy atom. The van der Waals surface area contributed by atoms with Crippen LogP contribution in [-0.2, 0) is 9.84 Å². The van der Waals surface area contributed by atoms with Gasteiger partial charge in [-0.1, -0.05) is 25.4 Å². The lowest BCUT2D eigenvalue weighted by molar-refractivity contribution is 0.0697. The average molecular weight is 265 g/mol. The molecule has 0 atom stereocenters. The maximum Gasteiger partial charge on any atom is 0.337 e. The van der Waals surface area contributed by atoms with E-state index < -0.39 is 15.8 Å². The normalized spacial score (nSPS) is 10.2. The van der Waals surface area contributed by atoms with Crippen molar-refractivity contribution in [1.29, 1.82) is 0 Å². The van der Waals surface area contributed by atoms with E-state index in [1.165, 1.54) is 12.1 Å². The highest BCUT2D eigenvalue weighted by Gasteiger charge is 2.14. The zero-order chi connectivity index (χ0) is 12.9. The van der Waals surface area contributed by atoms with Crippen molar-refractivity contribution in [3.05, 3.63) is 28.8 Å². The summed E-state index contributed by atoms with van der Waals surface area (Å²) in [7, 11) is -3.40. The van der Waals surface area contributed by atoms with Crippen LogP contribution in [0.4, 0.5) is 0 Å². The van der Waals surface area contributed by atoms with Crippen LogP contribution >= 0.6 is 11.6 Å². The van der Waals surface area contributed by atoms with Crippen LogP contribution in [0.3, 0.4) is 0 Å². The molecule has 0 aliphatic carbocycles. The third-order valence-electron chi connectivity index (χ3n) is 1.60. The molecule has 1 aromatic carbocycles. The van der Waals surface area contributed by atoms with Gasteiger partial charge in [0, 0.05) is 6.26 Å². The van der Waals surface area contributed by atoms with Gasteiger partial charge in [0.2, 0.25) is 0 Å². The van der Waals surface area contributed by atoms with Gasteiger partial charge in [0.15, 0.2) is 9.84 Å². The standard InChI is InChI=1S/C8H7ClO4S.C2H6/c1-14(12,13)5-2-3-7(9)6(4-5)8(10)11;1-2/h2-4H,1H3,(H,10,11);1-2H3. The summed E-state index contributed by atoms with van der Waals surface area (Å²) >= 11 is 5.57. The molecule has 16 heavy (non-hydrogen) atoms. The Labute approximate surface area is 99.8 Å². The number of hydrogen-bond donors (Lipinski definition) is 1. The van der Waals surface area contributed by atoms with Crippen molar-refractivity contribution in [3.63, 3.8) is 0 Å². The van der Waals surface area contributed by atoms with Crippen LogP contribution in [0.5, 0.6) is 0 Å². The maximum absolute atomic E-state index is 11.1. The Bertz CT molecular complexity index is 480. The van der Waals surface area contributed by atoms with E-state index in [0.29, 0.717) is 0 Å². The van der Waals surface area contributed by atoms with Crippen molar-refractivity contribution in [1.82, 2.24) is 0 Å². The van der Waals surface area contributed by atoms with E-state index in [4.69, 9.17) is 16.7 Å². The Morgan fingerprint density at radius 1 is 1.31 bits per heavy atom. The summed E-state index contributed by atoms with van der Waals surface area (Å²) < 4.78 is 22.2. The lowest BCUT2D eigenvalue weighted by Crippen LogP contribution is -2.02. The molecule has 0 amide bonds. The van der Waals surface area contributed by atoms with Crippen LogP contribution < -0.4 is 0 Å². The van der Waals surface area contributed by atoms with E-state index in [1.54, 1.807) is 0 Å². The fraction of sp³-hybridized carbons (Fsp3) is 0.300. The zero-order valence-electron chi connectivity index (χ0n) is 9.19. The van der Waals surface area contributed by atoms with E-state index >= 15 is 0 Å². The summed E-state index contributed by atoms with van der Waals surface area (Å²) in [5.74, 6) is -1.25. The Morgan fingerprint density at radius 3 is 2.19 bits per heavy atom. The van der Waals surface area contributed by atoms with Gasteiger partial charge in [-0.15, -0.1) is 0 Å². The molecule has 0 aliphatic rings. The number of rotatable bonds is 2. The van der Waals surface area contributed by atoms with Crippen LogP contribution in [0.2, 0.25) is 5.02 Å². The molecule has 0 saturated carbocycles. The summed E-state index contributed by atoms with van der Waals surface area (Å²) in [6.07, 6.45) is 1.00. The predicted octanol–water partition coefficient (Wildman–Crippen LogP) is 2.47. The summed E-state index contributed by atoms with van der Waals surface area (Å²) in [6, 6.07) is 3.56. The fourth-order valence-corrected chi connectivity index (χ4v) is 1.74. The summed E-state index contributed by atoms with van der Waals surface area (Å²) in [5, 5.41) is 8.69. The van der Waals surface area contributed by atoms with E-state index in [0.717, 1.165) is 12.3 Å². The smallest absolute Gasteiger partial charge is 0.337 e. The van der Waals surface area contributed by atoms with Crippen LogP contribution in [0, 0.1) is 0 Å². The average Bonchev–Trinajstić information content (AvgIpc) is 2.19. The molecule has 1 N–H and O–H groups in total. The minimum Gasteiger partial charge on any atom is -0.478 e. The number of hydrogen-bond acceptors (Lipinski definition) is 3. The van der Waals surface area contributed by atoms with Crippen LogP contribution in [0.25, 0.3) is 0 Å². The molecule has 0 bridgehead atoms. The van der Waals surface area contributed by atoms with Crippen molar-refractivity contribution < 1.29 is 18.3 Å². The number of sulfone groups is 1. The molecular weight excluding hydrogens is 252 g/mol. The number of carboxylic acids is 1. The molecular formula is C10H13ClO4S. The van der Waals surface area contributed by atoms with E-state index in [9.17, 15) is 13.2 Å². The van der Waals surface area contributed by atoms with Gasteiger partial charge in [0.1, 0.15) is 0 Å². The second-order valence-corrected chi connectivity index (χ2v) is 5.14. The van der Waals surface area contributed by atoms with E-state index in [1.807, 2.05) is 13.8 Å². The van der Waals surface area contributed by atoms with Gasteiger partial charge in [-0.3, -0.25) is 0 Å². The minimum absolute atomic E-state index is 0.0184. The Hall–Kier alpha value is -1.07. The van der Waals surface area contributed by atoms with Crippen molar-refractivity contribution in [2.45, 2.75) is 18.7 Å². The largest absolute Gasteiger partial charge is 0.478 e. The van der Waals surface area contributed by atoms with Gasteiger partial charge in [0.25, 0.3) is 0 Å². The van der Waals surface area contributed by atoms with Crippen molar-refractivity contribution >= 4 is 27.4 Å². The molecule has 0 aliphatic heterocycles. The molecule has 0 unspecified atom stereocenters. The van der Waals surface area contributed by atoms with Gasteiger partial charge < -0.3 is 5.11 Å². The number of benzene rings is 1. The highest BCUT2D eigenvalue weighted by atomic mass is 35.5. The van der Waals surface area contributed by atoms with Crippen molar-refractivity contribution in [2.75, 3.05) is 6.26 Å². The fourth-order valence-electron chi connectivity index (χ4n) is 0.899. The van der Waals surface area contributed by atoms with Crippen LogP contribution in [0.15, 0.2) is 23.1 Å². The van der Waals surface area contributed by atoms with Crippen molar-refractivity contribution in [3.8, 4) is 0 Å². The molecule has 0 radical (unpaired) electrons. The SMILES string of the molecule is CC.CS(=O)(=O)c1ccc(Cl)c(C(=O)O)c1. The second-order valence-electron chi connectivity index (χ2n) is 2.72. The molecule has 4 nitrogen and oxygen atoms in total. The van der Waals surface area contributed by atoms with Crippen LogP contribution in [-0.4, -0.2) is 25.7 Å². The van der Waals surface area contributed by atoms with Gasteiger partial charge >= 0.3 is 5.97 Å². The minimum atomic E-state index is -3.40. The molecule has 0 fully saturated rings. The topological polar surface area (TPSA) is 71.4 Å². The van der Waals surface area contributed by atoms with Crippen molar-refractivity contribution in [2.24, 2.45) is 0 Å². The molecule has 90 valence electrons. The first-order valence-electron chi connectivity index (χ1n) is 4.55. The van der Waals surface area contributed by atoms with E-state index in [2.05, 4.69) is 0 Å². The molecule has 0 saturated heterocycles. The quantitative estimate of drug-likeness (QED) is 0.891. The second kappa shape index (κ2) is 5.86. The first-order chi connectivity index (χ1) is 7.32. The predicted molar refractivity (Wildman–Crippen MR) is 62.9 cm³/mol. The van der Waals surface area contributed by atoms with Crippen LogP contribution in [0.1, 0.15) is 24.2 Å². The third kappa shape index (κ3) is 3.83. The molecule has 0 heterocycles. The Balaban J connectivity index is 0.00000106. The molecule has 1 aromatic rings. The lowest BCUT2D eigenvalue weighted by Gasteiger charge is -2.01. The highest BCUT2D eigenvalue weighted by Crippen LogP contribution is 2.20. The number of carbonyl (C=O) groups is 1. The first-order valence-corrected chi connectivity index (χ1v) is 6.82. The molecule has 0 aromatic heterocycles. The van der Waals surface area contributed by atoms with Gasteiger partial charge in [0.05, 0.1) is 15.5 Å². The lowest BCUT2D eigenvalue weighted by atomic mass is 10.2. The number of carboxylic acid groups (broad SMARTS) is 1. The number of halogens is 1. The monoisotopic (exact) mass is 264 g/mol. The van der Waals surface area contributed by atoms with Gasteiger partial charge in [-0.25, -0.2) is 13.2 Å². The Kier molecular flexibility index (Phi) is 5.47. The number of aromatic carboxylic acids is 1. The highest BCUT2D eigenvalue weighted by molar-refractivity contribution is 7.90. The first kappa shape index (κ1) is 14.9. The third-order valence-corrected chi connectivity index (χ3v) is 3.04. The van der Waals surface area contributed by atoms with Gasteiger partial charge in [-0.2, -0.15) is 0 Å². The van der Waals surface area contributed by atoms with Gasteiger partial charge in [-0.05, 0) is 18.2 Å². The van der Waals surface area contributed by atoms with E-state index in [-0.39, 0.29) is 15.5 Å². The summed E-state index contributed by atoms with van der Waals surface area (Å²) in [6.45, 7) is 4.00. The zero-order valence-corrected chi connectivity index (χ0v) is 10.8. The maximum atomic E-state index is 11.1. The molecule has 6 heteroatoms. The molecule has 0 spiro atoms. The molecule has 1 rings (SSSR count). The summed E-state index contributed by atoms with van der Waals surface area (Å²) in [4.78, 5) is 10.6.